The van der Waals surface area contributed by atoms with E-state index in [1.165, 1.54) is 30.3 Å². The largest absolute Gasteiger partial charge is 0.431 e. The van der Waals surface area contributed by atoms with Crippen molar-refractivity contribution in [3.05, 3.63) is 83.7 Å². The van der Waals surface area contributed by atoms with Gasteiger partial charge in [-0.05, 0) is 41.0 Å². The van der Waals surface area contributed by atoms with Crippen molar-refractivity contribution < 1.29 is 53.0 Å². The number of anilines is 1. The van der Waals surface area contributed by atoms with E-state index < -0.39 is 74.0 Å². The molecular formula is C25H17F9N2O3S. The molecule has 0 aromatic heterocycles. The molecule has 1 atom stereocenters. The summed E-state index contributed by atoms with van der Waals surface area (Å²) >= 11 is 0. The highest BCUT2D eigenvalue weighted by molar-refractivity contribution is 7.90. The fourth-order valence-electron chi connectivity index (χ4n) is 4.24. The molecule has 0 spiro atoms. The van der Waals surface area contributed by atoms with E-state index in [9.17, 15) is 53.0 Å². The first-order valence-corrected chi connectivity index (χ1v) is 13.0. The predicted molar refractivity (Wildman–Crippen MR) is 126 cm³/mol. The molecule has 3 aromatic carbocycles. The summed E-state index contributed by atoms with van der Waals surface area (Å²) in [7, 11) is -3.86. The van der Waals surface area contributed by atoms with Gasteiger partial charge in [0.25, 0.3) is 5.60 Å². The lowest BCUT2D eigenvalue weighted by molar-refractivity contribution is -0.338. The van der Waals surface area contributed by atoms with E-state index in [2.05, 4.69) is 5.10 Å². The zero-order valence-corrected chi connectivity index (χ0v) is 20.8. The van der Waals surface area contributed by atoms with Gasteiger partial charge in [0, 0.05) is 18.7 Å². The van der Waals surface area contributed by atoms with Crippen molar-refractivity contribution in [1.29, 1.82) is 0 Å². The number of hydrazone groups is 1. The summed E-state index contributed by atoms with van der Waals surface area (Å²) in [5, 5.41) is 13.7. The number of hydrogen-bond donors (Lipinski definition) is 1. The van der Waals surface area contributed by atoms with Gasteiger partial charge < -0.3 is 5.11 Å². The second-order valence-electron chi connectivity index (χ2n) is 8.95. The Morgan fingerprint density at radius 1 is 0.825 bits per heavy atom. The summed E-state index contributed by atoms with van der Waals surface area (Å²) < 4.78 is 147. The van der Waals surface area contributed by atoms with Gasteiger partial charge in [0.1, 0.15) is 16.5 Å². The van der Waals surface area contributed by atoms with Crippen LogP contribution in [0.25, 0.3) is 11.1 Å². The molecule has 0 bridgehead atoms. The minimum absolute atomic E-state index is 0.0196. The van der Waals surface area contributed by atoms with Crippen molar-refractivity contribution in [2.45, 2.75) is 35.3 Å². The van der Waals surface area contributed by atoms with Gasteiger partial charge in [-0.1, -0.05) is 30.3 Å². The lowest BCUT2D eigenvalue weighted by Crippen LogP contribution is -2.62. The molecule has 0 amide bonds. The first kappa shape index (κ1) is 29.4. The third-order valence-electron chi connectivity index (χ3n) is 6.27. The summed E-state index contributed by atoms with van der Waals surface area (Å²) in [6.07, 6.45) is -12.8. The molecule has 0 aliphatic carbocycles. The molecule has 4 rings (SSSR count). The fourth-order valence-corrected chi connectivity index (χ4v) is 4.97. The van der Waals surface area contributed by atoms with Gasteiger partial charge in [0.15, 0.2) is 15.7 Å². The molecule has 0 saturated heterocycles. The van der Waals surface area contributed by atoms with Gasteiger partial charge in [0.2, 0.25) is 0 Å². The Morgan fingerprint density at radius 2 is 1.40 bits per heavy atom. The first-order chi connectivity index (χ1) is 18.3. The van der Waals surface area contributed by atoms with Crippen molar-refractivity contribution in [2.24, 2.45) is 5.10 Å². The van der Waals surface area contributed by atoms with Gasteiger partial charge in [-0.2, -0.15) is 31.4 Å². The monoisotopic (exact) mass is 596 g/mol. The smallest absolute Gasteiger partial charge is 0.369 e. The van der Waals surface area contributed by atoms with Crippen LogP contribution >= 0.6 is 0 Å². The van der Waals surface area contributed by atoms with Crippen molar-refractivity contribution in [3.63, 3.8) is 0 Å². The van der Waals surface area contributed by atoms with E-state index in [-0.39, 0.29) is 11.1 Å². The highest BCUT2D eigenvalue weighted by Crippen LogP contribution is 2.49. The molecule has 0 saturated carbocycles. The van der Waals surface area contributed by atoms with E-state index in [0.717, 1.165) is 30.5 Å². The maximum absolute atomic E-state index is 14.6. The van der Waals surface area contributed by atoms with E-state index in [1.807, 2.05) is 0 Å². The molecular weight excluding hydrogens is 579 g/mol. The predicted octanol–water partition coefficient (Wildman–Crippen LogP) is 6.34. The summed E-state index contributed by atoms with van der Waals surface area (Å²) in [6, 6.07) is 8.72. The first-order valence-electron chi connectivity index (χ1n) is 11.1. The molecule has 1 aliphatic rings. The molecule has 1 N–H and O–H groups in total. The van der Waals surface area contributed by atoms with Gasteiger partial charge >= 0.3 is 12.4 Å². The molecule has 5 nitrogen and oxygen atoms in total. The van der Waals surface area contributed by atoms with Crippen LogP contribution in [0.1, 0.15) is 18.0 Å². The molecule has 1 unspecified atom stereocenters. The Kier molecular flexibility index (Phi) is 7.20. The Hall–Kier alpha value is -3.59. The molecule has 1 aliphatic heterocycles. The van der Waals surface area contributed by atoms with Crippen molar-refractivity contribution >= 4 is 21.2 Å². The van der Waals surface area contributed by atoms with Gasteiger partial charge in [0.05, 0.1) is 17.4 Å². The van der Waals surface area contributed by atoms with Crippen LogP contribution in [0.5, 0.6) is 0 Å². The highest BCUT2D eigenvalue weighted by atomic mass is 32.2. The fraction of sp³-hybridized carbons (Fsp3) is 0.240. The standard InChI is InChI=1S/C25H17F9N2O3S/c1-40(38,39)21-9-6-15(10-18(21)28)13-2-4-14(5-3-13)20-12-22(23(37,24(29,30)31)25(32,33)34)35-36(20)19-8-7-16(26)11-17(19)27/h2-11,20,37H,12H2,1H3. The molecule has 1 heterocycles. The number of halogens is 9. The molecule has 3 aromatic rings. The summed E-state index contributed by atoms with van der Waals surface area (Å²) in [5.74, 6) is -3.45. The van der Waals surface area contributed by atoms with Crippen LogP contribution < -0.4 is 5.01 Å². The van der Waals surface area contributed by atoms with Crippen LogP contribution in [0.3, 0.4) is 0 Å². The third-order valence-corrected chi connectivity index (χ3v) is 7.40. The van der Waals surface area contributed by atoms with Crippen LogP contribution in [0, 0.1) is 17.5 Å². The molecule has 0 fully saturated rings. The topological polar surface area (TPSA) is 70.0 Å². The number of sulfone groups is 1. The number of aliphatic hydroxyl groups is 1. The summed E-state index contributed by atoms with van der Waals surface area (Å²) in [6.45, 7) is 0. The number of benzene rings is 3. The summed E-state index contributed by atoms with van der Waals surface area (Å²) in [4.78, 5) is -0.553. The number of nitrogens with zero attached hydrogens (tertiary/aromatic N) is 2. The van der Waals surface area contributed by atoms with Crippen molar-refractivity contribution in [2.75, 3.05) is 11.3 Å². The van der Waals surface area contributed by atoms with E-state index >= 15 is 0 Å². The number of rotatable bonds is 5. The Labute approximate surface area is 221 Å². The average Bonchev–Trinajstić information content (AvgIpc) is 3.26. The third kappa shape index (κ3) is 5.14. The normalized spacial score (nSPS) is 16.8. The summed E-state index contributed by atoms with van der Waals surface area (Å²) in [5.41, 5.74) is -7.26. The molecule has 0 radical (unpaired) electrons. The average molecular weight is 596 g/mol. The highest BCUT2D eigenvalue weighted by Gasteiger charge is 2.74. The molecule has 40 heavy (non-hydrogen) atoms. The van der Waals surface area contributed by atoms with E-state index in [4.69, 9.17) is 0 Å². The van der Waals surface area contributed by atoms with Crippen LogP contribution in [0.2, 0.25) is 0 Å². The van der Waals surface area contributed by atoms with E-state index in [0.29, 0.717) is 16.6 Å². The van der Waals surface area contributed by atoms with Crippen LogP contribution in [0.15, 0.2) is 70.7 Å². The zero-order valence-electron chi connectivity index (χ0n) is 20.0. The van der Waals surface area contributed by atoms with Gasteiger partial charge in [-0.3, -0.25) is 5.01 Å². The number of alkyl halides is 6. The zero-order chi connectivity index (χ0) is 29.8. The lowest BCUT2D eigenvalue weighted by Gasteiger charge is -2.32. The minimum Gasteiger partial charge on any atom is -0.369 e. The second kappa shape index (κ2) is 9.80. The minimum atomic E-state index is -6.24. The van der Waals surface area contributed by atoms with Gasteiger partial charge in [-0.25, -0.2) is 21.6 Å². The van der Waals surface area contributed by atoms with Crippen molar-refractivity contribution in [3.8, 4) is 11.1 Å². The van der Waals surface area contributed by atoms with Crippen LogP contribution in [-0.4, -0.2) is 43.4 Å². The quantitative estimate of drug-likeness (QED) is 0.350. The van der Waals surface area contributed by atoms with Gasteiger partial charge in [-0.15, -0.1) is 0 Å². The molecule has 15 heteroatoms. The Morgan fingerprint density at radius 3 is 1.90 bits per heavy atom. The van der Waals surface area contributed by atoms with E-state index in [1.54, 1.807) is 0 Å². The SMILES string of the molecule is CS(=O)(=O)c1ccc(-c2ccc(C3CC(C(O)(C(F)(F)F)C(F)(F)F)=NN3c3ccc(F)cc3F)cc2)cc1F. The Bertz CT molecular complexity index is 1570. The van der Waals surface area contributed by atoms with Crippen LogP contribution in [0.4, 0.5) is 45.2 Å². The lowest BCUT2D eigenvalue weighted by atomic mass is 9.89. The maximum Gasteiger partial charge on any atom is 0.431 e. The van der Waals surface area contributed by atoms with Crippen molar-refractivity contribution in [1.82, 2.24) is 0 Å². The molecule has 214 valence electrons. The Balaban J connectivity index is 1.78. The number of hydrogen-bond acceptors (Lipinski definition) is 5. The maximum atomic E-state index is 14.6. The second-order valence-corrected chi connectivity index (χ2v) is 10.9. The van der Waals surface area contributed by atoms with Crippen LogP contribution in [-0.2, 0) is 9.84 Å².